The van der Waals surface area contributed by atoms with Crippen molar-refractivity contribution >= 4 is 35.2 Å². The van der Waals surface area contributed by atoms with Crippen LogP contribution >= 0.6 is 23.2 Å². The first-order valence-corrected chi connectivity index (χ1v) is 5.41. The van der Waals surface area contributed by atoms with Crippen LogP contribution in [0.2, 0.25) is 10.0 Å². The predicted octanol–water partition coefficient (Wildman–Crippen LogP) is 4.14. The SMILES string of the molecule is Clc1ccc(C=Nc2ccc(Cl)cn2)cc1. The van der Waals surface area contributed by atoms with Gasteiger partial charge < -0.3 is 0 Å². The summed E-state index contributed by atoms with van der Waals surface area (Å²) in [5.74, 6) is 0.624. The molecule has 0 spiro atoms. The Balaban J connectivity index is 2.15. The smallest absolute Gasteiger partial charge is 0.151 e. The summed E-state index contributed by atoms with van der Waals surface area (Å²) in [5.41, 5.74) is 0.973. The summed E-state index contributed by atoms with van der Waals surface area (Å²) in [6.45, 7) is 0. The summed E-state index contributed by atoms with van der Waals surface area (Å²) in [4.78, 5) is 8.26. The molecule has 0 saturated heterocycles. The van der Waals surface area contributed by atoms with E-state index in [0.29, 0.717) is 15.9 Å². The van der Waals surface area contributed by atoms with E-state index >= 15 is 0 Å². The highest BCUT2D eigenvalue weighted by molar-refractivity contribution is 6.30. The standard InChI is InChI=1S/C12H8Cl2N2/c13-10-3-1-9(2-4-10)7-15-12-6-5-11(14)8-16-12/h1-8H. The van der Waals surface area contributed by atoms with Gasteiger partial charge in [0.2, 0.25) is 0 Å². The quantitative estimate of drug-likeness (QED) is 0.736. The second-order valence-electron chi connectivity index (χ2n) is 3.14. The summed E-state index contributed by atoms with van der Waals surface area (Å²) in [6.07, 6.45) is 3.29. The van der Waals surface area contributed by atoms with Crippen molar-refractivity contribution in [2.75, 3.05) is 0 Å². The lowest BCUT2D eigenvalue weighted by atomic mass is 10.2. The lowest BCUT2D eigenvalue weighted by molar-refractivity contribution is 1.28. The summed E-state index contributed by atoms with van der Waals surface area (Å²) in [6, 6.07) is 10.9. The Kier molecular flexibility index (Phi) is 3.54. The van der Waals surface area contributed by atoms with Gasteiger partial charge in [0.25, 0.3) is 0 Å². The summed E-state index contributed by atoms with van der Waals surface area (Å²) in [7, 11) is 0. The van der Waals surface area contributed by atoms with Crippen LogP contribution < -0.4 is 0 Å². The zero-order valence-corrected chi connectivity index (χ0v) is 9.78. The van der Waals surface area contributed by atoms with Crippen molar-refractivity contribution < 1.29 is 0 Å². The van der Waals surface area contributed by atoms with Gasteiger partial charge in [-0.05, 0) is 29.8 Å². The number of rotatable bonds is 2. The number of nitrogens with zero attached hydrogens (tertiary/aromatic N) is 2. The summed E-state index contributed by atoms with van der Waals surface area (Å²) < 4.78 is 0. The van der Waals surface area contributed by atoms with Gasteiger partial charge in [-0.2, -0.15) is 0 Å². The van der Waals surface area contributed by atoms with Crippen LogP contribution in [0.25, 0.3) is 0 Å². The zero-order valence-electron chi connectivity index (χ0n) is 8.27. The number of aliphatic imine (C=N–C) groups is 1. The molecule has 80 valence electrons. The monoisotopic (exact) mass is 250 g/mol. The van der Waals surface area contributed by atoms with Crippen LogP contribution in [0.3, 0.4) is 0 Å². The lowest BCUT2D eigenvalue weighted by Gasteiger charge is -1.94. The highest BCUT2D eigenvalue weighted by Crippen LogP contribution is 2.13. The third-order valence-corrected chi connectivity index (χ3v) is 2.40. The number of hydrogen-bond donors (Lipinski definition) is 0. The first-order valence-electron chi connectivity index (χ1n) is 4.65. The average Bonchev–Trinajstić information content (AvgIpc) is 2.30. The molecule has 1 heterocycles. The number of aromatic nitrogens is 1. The average molecular weight is 251 g/mol. The molecule has 0 N–H and O–H groups in total. The van der Waals surface area contributed by atoms with Crippen molar-refractivity contribution in [3.63, 3.8) is 0 Å². The van der Waals surface area contributed by atoms with Gasteiger partial charge in [-0.1, -0.05) is 35.3 Å². The first kappa shape index (κ1) is 11.1. The van der Waals surface area contributed by atoms with Crippen LogP contribution in [0.5, 0.6) is 0 Å². The van der Waals surface area contributed by atoms with Gasteiger partial charge in [0.15, 0.2) is 5.82 Å². The van der Waals surface area contributed by atoms with Gasteiger partial charge in [0.1, 0.15) is 0 Å². The number of pyridine rings is 1. The number of halogens is 2. The van der Waals surface area contributed by atoms with Crippen LogP contribution in [0.15, 0.2) is 47.6 Å². The Morgan fingerprint density at radius 3 is 2.25 bits per heavy atom. The van der Waals surface area contributed by atoms with E-state index in [1.807, 2.05) is 24.3 Å². The molecule has 2 aromatic rings. The van der Waals surface area contributed by atoms with E-state index in [1.165, 1.54) is 0 Å². The normalized spacial score (nSPS) is 10.9. The lowest BCUT2D eigenvalue weighted by Crippen LogP contribution is -1.80. The molecule has 0 amide bonds. The zero-order chi connectivity index (χ0) is 11.4. The van der Waals surface area contributed by atoms with Crippen LogP contribution in [-0.2, 0) is 0 Å². The fourth-order valence-corrected chi connectivity index (χ4v) is 1.37. The molecule has 0 aliphatic rings. The van der Waals surface area contributed by atoms with Gasteiger partial charge in [0.05, 0.1) is 5.02 Å². The highest BCUT2D eigenvalue weighted by atomic mass is 35.5. The third kappa shape index (κ3) is 3.05. The Bertz CT molecular complexity index is 442. The third-order valence-electron chi connectivity index (χ3n) is 1.93. The molecule has 16 heavy (non-hydrogen) atoms. The molecule has 0 unspecified atom stereocenters. The second kappa shape index (κ2) is 5.10. The van der Waals surface area contributed by atoms with Crippen molar-refractivity contribution in [3.8, 4) is 0 Å². The number of hydrogen-bond acceptors (Lipinski definition) is 2. The van der Waals surface area contributed by atoms with Gasteiger partial charge in [-0.25, -0.2) is 9.98 Å². The maximum Gasteiger partial charge on any atom is 0.151 e. The minimum Gasteiger partial charge on any atom is -0.237 e. The van der Waals surface area contributed by atoms with E-state index in [4.69, 9.17) is 23.2 Å². The molecule has 0 fully saturated rings. The maximum absolute atomic E-state index is 5.77. The summed E-state index contributed by atoms with van der Waals surface area (Å²) >= 11 is 11.5. The molecule has 4 heteroatoms. The fourth-order valence-electron chi connectivity index (χ4n) is 1.13. The van der Waals surface area contributed by atoms with E-state index in [2.05, 4.69) is 9.98 Å². The summed E-state index contributed by atoms with van der Waals surface area (Å²) in [5, 5.41) is 1.31. The van der Waals surface area contributed by atoms with E-state index in [1.54, 1.807) is 24.5 Å². The predicted molar refractivity (Wildman–Crippen MR) is 68.0 cm³/mol. The molecule has 1 aromatic carbocycles. The van der Waals surface area contributed by atoms with Crippen LogP contribution in [0.4, 0.5) is 5.82 Å². The molecule has 0 aliphatic carbocycles. The second-order valence-corrected chi connectivity index (χ2v) is 4.02. The van der Waals surface area contributed by atoms with Crippen molar-refractivity contribution in [1.29, 1.82) is 0 Å². The van der Waals surface area contributed by atoms with Crippen LogP contribution in [0.1, 0.15) is 5.56 Å². The first-order chi connectivity index (χ1) is 7.74. The van der Waals surface area contributed by atoms with Crippen molar-refractivity contribution in [1.82, 2.24) is 4.98 Å². The van der Waals surface area contributed by atoms with Gasteiger partial charge in [-0.3, -0.25) is 0 Å². The van der Waals surface area contributed by atoms with Crippen molar-refractivity contribution in [3.05, 3.63) is 58.2 Å². The van der Waals surface area contributed by atoms with E-state index in [9.17, 15) is 0 Å². The molecule has 0 atom stereocenters. The van der Waals surface area contributed by atoms with Gasteiger partial charge >= 0.3 is 0 Å². The van der Waals surface area contributed by atoms with E-state index in [-0.39, 0.29) is 0 Å². The van der Waals surface area contributed by atoms with E-state index in [0.717, 1.165) is 5.56 Å². The van der Waals surface area contributed by atoms with Crippen LogP contribution in [-0.4, -0.2) is 11.2 Å². The Morgan fingerprint density at radius 1 is 0.938 bits per heavy atom. The molecule has 2 rings (SSSR count). The largest absolute Gasteiger partial charge is 0.237 e. The number of benzene rings is 1. The molecule has 0 aliphatic heterocycles. The molecule has 0 radical (unpaired) electrons. The van der Waals surface area contributed by atoms with Crippen LogP contribution in [0, 0.1) is 0 Å². The van der Waals surface area contributed by atoms with Crippen molar-refractivity contribution in [2.45, 2.75) is 0 Å². The minimum atomic E-state index is 0.602. The van der Waals surface area contributed by atoms with Gasteiger partial charge in [-0.15, -0.1) is 0 Å². The van der Waals surface area contributed by atoms with Crippen molar-refractivity contribution in [2.24, 2.45) is 4.99 Å². The Morgan fingerprint density at radius 2 is 1.62 bits per heavy atom. The van der Waals surface area contributed by atoms with E-state index < -0.39 is 0 Å². The molecular formula is C12H8Cl2N2. The molecule has 1 aromatic heterocycles. The minimum absolute atomic E-state index is 0.602. The van der Waals surface area contributed by atoms with Gasteiger partial charge in [0, 0.05) is 17.4 Å². The molecular weight excluding hydrogens is 243 g/mol. The fraction of sp³-hybridized carbons (Fsp3) is 0. The Labute approximate surface area is 104 Å². The molecule has 0 bridgehead atoms. The molecule has 2 nitrogen and oxygen atoms in total. The molecule has 0 saturated carbocycles. The highest BCUT2D eigenvalue weighted by Gasteiger charge is 1.91. The maximum atomic E-state index is 5.77. The topological polar surface area (TPSA) is 25.2 Å². The Hall–Kier alpha value is -1.38.